The third-order valence-electron chi connectivity index (χ3n) is 5.18. The van der Waals surface area contributed by atoms with Gasteiger partial charge < -0.3 is 9.84 Å². The second-order valence-electron chi connectivity index (χ2n) is 7.42. The van der Waals surface area contributed by atoms with Crippen molar-refractivity contribution >= 4 is 29.2 Å². The van der Waals surface area contributed by atoms with Crippen LogP contribution in [-0.2, 0) is 0 Å². The largest absolute Gasteiger partial charge is 0.496 e. The van der Waals surface area contributed by atoms with Crippen molar-refractivity contribution in [2.45, 2.75) is 13.8 Å². The number of rotatable bonds is 5. The number of imidazole rings is 1. The van der Waals surface area contributed by atoms with Gasteiger partial charge in [0.25, 0.3) is 0 Å². The number of aromatic nitrogens is 2. The molecule has 4 rings (SSSR count). The first-order chi connectivity index (χ1) is 15.3. The average Bonchev–Trinajstić information content (AvgIpc) is 3.16. The quantitative estimate of drug-likeness (QED) is 0.349. The first kappa shape index (κ1) is 21.9. The number of ether oxygens (including phenoxy) is 1. The summed E-state index contributed by atoms with van der Waals surface area (Å²) in [6.07, 6.45) is 0. The predicted molar refractivity (Wildman–Crippen MR) is 127 cm³/mol. The molecule has 5 nitrogen and oxygen atoms in total. The van der Waals surface area contributed by atoms with E-state index in [1.165, 1.54) is 7.11 Å². The Kier molecular flexibility index (Phi) is 5.96. The molecule has 1 aromatic heterocycles. The van der Waals surface area contributed by atoms with Crippen molar-refractivity contribution in [2.75, 3.05) is 7.11 Å². The van der Waals surface area contributed by atoms with Gasteiger partial charge in [-0.3, -0.25) is 4.57 Å². The van der Waals surface area contributed by atoms with E-state index < -0.39 is 5.97 Å². The van der Waals surface area contributed by atoms with E-state index in [1.807, 2.05) is 48.7 Å². The SMILES string of the molecule is COc1ccc(Cl)cc1-c1c(C(=O)O)nc(-c2cccc(C)c2)n1-c1cc(Cl)ccc1C. The van der Waals surface area contributed by atoms with E-state index >= 15 is 0 Å². The van der Waals surface area contributed by atoms with Gasteiger partial charge in [0.2, 0.25) is 0 Å². The van der Waals surface area contributed by atoms with Gasteiger partial charge in [-0.25, -0.2) is 9.78 Å². The van der Waals surface area contributed by atoms with Crippen molar-refractivity contribution in [2.24, 2.45) is 0 Å². The second kappa shape index (κ2) is 8.69. The van der Waals surface area contributed by atoms with Crippen LogP contribution in [0.2, 0.25) is 10.0 Å². The predicted octanol–water partition coefficient (Wildman–Crippen LogP) is 6.84. The summed E-state index contributed by atoms with van der Waals surface area (Å²) in [6, 6.07) is 18.3. The highest BCUT2D eigenvalue weighted by atomic mass is 35.5. The van der Waals surface area contributed by atoms with Gasteiger partial charge >= 0.3 is 5.97 Å². The topological polar surface area (TPSA) is 64.3 Å². The standard InChI is InChI=1S/C25H20Cl2N2O3/c1-14-5-4-6-16(11-14)24-28-22(25(30)31)23(19-12-17(26)9-10-21(19)32-3)29(24)20-13-18(27)8-7-15(20)2/h4-13H,1-3H3,(H,30,31). The highest BCUT2D eigenvalue weighted by molar-refractivity contribution is 6.31. The van der Waals surface area contributed by atoms with E-state index in [-0.39, 0.29) is 5.69 Å². The van der Waals surface area contributed by atoms with Crippen molar-refractivity contribution in [3.8, 4) is 34.1 Å². The van der Waals surface area contributed by atoms with Gasteiger partial charge in [0.1, 0.15) is 11.6 Å². The molecule has 0 aliphatic heterocycles. The van der Waals surface area contributed by atoms with Crippen LogP contribution in [0, 0.1) is 13.8 Å². The Morgan fingerprint density at radius 1 is 1.00 bits per heavy atom. The molecule has 0 fully saturated rings. The van der Waals surface area contributed by atoms with E-state index in [9.17, 15) is 9.90 Å². The Labute approximate surface area is 195 Å². The van der Waals surface area contributed by atoms with E-state index in [0.29, 0.717) is 38.6 Å². The lowest BCUT2D eigenvalue weighted by molar-refractivity contribution is 0.0692. The van der Waals surface area contributed by atoms with Crippen LogP contribution in [0.3, 0.4) is 0 Å². The van der Waals surface area contributed by atoms with Crippen molar-refractivity contribution in [1.82, 2.24) is 9.55 Å². The summed E-state index contributed by atoms with van der Waals surface area (Å²) in [5, 5.41) is 11.1. The Bertz CT molecular complexity index is 1350. The van der Waals surface area contributed by atoms with E-state index in [0.717, 1.165) is 16.7 Å². The molecule has 0 saturated carbocycles. The van der Waals surface area contributed by atoms with Crippen molar-refractivity contribution in [1.29, 1.82) is 0 Å². The number of aryl methyl sites for hydroxylation is 2. The molecule has 0 spiro atoms. The smallest absolute Gasteiger partial charge is 0.356 e. The van der Waals surface area contributed by atoms with E-state index in [4.69, 9.17) is 27.9 Å². The zero-order chi connectivity index (χ0) is 23.0. The molecule has 162 valence electrons. The summed E-state index contributed by atoms with van der Waals surface area (Å²) in [6.45, 7) is 3.91. The van der Waals surface area contributed by atoms with Gasteiger partial charge in [0.15, 0.2) is 5.69 Å². The van der Waals surface area contributed by atoms with E-state index in [2.05, 4.69) is 4.98 Å². The summed E-state index contributed by atoms with van der Waals surface area (Å²) < 4.78 is 7.36. The van der Waals surface area contributed by atoms with Crippen LogP contribution >= 0.6 is 23.2 Å². The molecule has 0 unspecified atom stereocenters. The number of benzene rings is 3. The number of hydrogen-bond acceptors (Lipinski definition) is 3. The minimum Gasteiger partial charge on any atom is -0.496 e. The summed E-state index contributed by atoms with van der Waals surface area (Å²) in [5.41, 5.74) is 4.19. The van der Waals surface area contributed by atoms with E-state index in [1.54, 1.807) is 30.3 Å². The minimum atomic E-state index is -1.16. The lowest BCUT2D eigenvalue weighted by atomic mass is 10.1. The third-order valence-corrected chi connectivity index (χ3v) is 5.66. The summed E-state index contributed by atoms with van der Waals surface area (Å²) in [5.74, 6) is -0.198. The fraction of sp³-hybridized carbons (Fsp3) is 0.120. The van der Waals surface area contributed by atoms with Crippen molar-refractivity contribution in [3.63, 3.8) is 0 Å². The number of carboxylic acids is 1. The first-order valence-electron chi connectivity index (χ1n) is 9.83. The van der Waals surface area contributed by atoms with Crippen LogP contribution in [0.5, 0.6) is 5.75 Å². The highest BCUT2D eigenvalue weighted by Crippen LogP contribution is 2.40. The molecule has 0 atom stereocenters. The third kappa shape index (κ3) is 3.97. The van der Waals surface area contributed by atoms with Gasteiger partial charge in [0.05, 0.1) is 18.5 Å². The van der Waals surface area contributed by atoms with Crippen LogP contribution in [0.15, 0.2) is 60.7 Å². The molecule has 1 heterocycles. The molecule has 0 aliphatic carbocycles. The van der Waals surface area contributed by atoms with Crippen molar-refractivity contribution in [3.05, 3.63) is 87.5 Å². The molecular formula is C25H20Cl2N2O3. The Morgan fingerprint density at radius 2 is 1.72 bits per heavy atom. The lowest BCUT2D eigenvalue weighted by Gasteiger charge is -2.17. The lowest BCUT2D eigenvalue weighted by Crippen LogP contribution is -2.05. The summed E-state index contributed by atoms with van der Waals surface area (Å²) in [4.78, 5) is 16.9. The minimum absolute atomic E-state index is 0.110. The summed E-state index contributed by atoms with van der Waals surface area (Å²) >= 11 is 12.6. The molecule has 0 bridgehead atoms. The first-order valence-corrected chi connectivity index (χ1v) is 10.6. The number of hydrogen-bond donors (Lipinski definition) is 1. The zero-order valence-electron chi connectivity index (χ0n) is 17.7. The maximum Gasteiger partial charge on any atom is 0.356 e. The van der Waals surface area contributed by atoms with Crippen LogP contribution in [0.1, 0.15) is 21.6 Å². The highest BCUT2D eigenvalue weighted by Gasteiger charge is 2.28. The van der Waals surface area contributed by atoms with Gasteiger partial charge in [-0.2, -0.15) is 0 Å². The number of carboxylic acid groups (broad SMARTS) is 1. The van der Waals surface area contributed by atoms with Crippen LogP contribution < -0.4 is 4.74 Å². The van der Waals surface area contributed by atoms with Crippen LogP contribution in [0.25, 0.3) is 28.3 Å². The molecule has 0 radical (unpaired) electrons. The molecular weight excluding hydrogens is 447 g/mol. The maximum atomic E-state index is 12.4. The Hall–Kier alpha value is -3.28. The molecule has 3 aromatic carbocycles. The summed E-state index contributed by atoms with van der Waals surface area (Å²) in [7, 11) is 1.53. The van der Waals surface area contributed by atoms with Gasteiger partial charge in [0, 0.05) is 21.2 Å². The molecule has 4 aromatic rings. The number of carbonyl (C=O) groups is 1. The second-order valence-corrected chi connectivity index (χ2v) is 8.29. The van der Waals surface area contributed by atoms with Crippen LogP contribution in [-0.4, -0.2) is 27.7 Å². The fourth-order valence-electron chi connectivity index (χ4n) is 3.72. The maximum absolute atomic E-state index is 12.4. The number of aromatic carboxylic acids is 1. The number of methoxy groups -OCH3 is 1. The van der Waals surface area contributed by atoms with Gasteiger partial charge in [-0.1, -0.05) is 53.0 Å². The van der Waals surface area contributed by atoms with Crippen molar-refractivity contribution < 1.29 is 14.6 Å². The fourth-order valence-corrected chi connectivity index (χ4v) is 4.06. The number of halogens is 2. The molecule has 0 aliphatic rings. The molecule has 0 amide bonds. The average molecular weight is 467 g/mol. The van der Waals surface area contributed by atoms with Gasteiger partial charge in [-0.05, 0) is 55.8 Å². The number of nitrogens with zero attached hydrogens (tertiary/aromatic N) is 2. The Morgan fingerprint density at radius 3 is 2.41 bits per heavy atom. The van der Waals surface area contributed by atoms with Crippen LogP contribution in [0.4, 0.5) is 0 Å². The molecule has 1 N–H and O–H groups in total. The monoisotopic (exact) mass is 466 g/mol. The molecule has 0 saturated heterocycles. The molecule has 7 heteroatoms. The Balaban J connectivity index is 2.19. The molecule has 32 heavy (non-hydrogen) atoms. The van der Waals surface area contributed by atoms with Gasteiger partial charge in [-0.15, -0.1) is 0 Å². The normalized spacial score (nSPS) is 10.9. The zero-order valence-corrected chi connectivity index (χ0v) is 19.2.